The molecular formula is C48H35N. The second-order valence-electron chi connectivity index (χ2n) is 12.2. The molecule has 0 bridgehead atoms. The lowest BCUT2D eigenvalue weighted by atomic mass is 9.91. The first kappa shape index (κ1) is 29.9. The number of rotatable bonds is 8. The van der Waals surface area contributed by atoms with Crippen molar-refractivity contribution in [3.05, 3.63) is 212 Å². The Morgan fingerprint density at radius 3 is 0.898 bits per heavy atom. The maximum absolute atomic E-state index is 2.34. The summed E-state index contributed by atoms with van der Waals surface area (Å²) >= 11 is 0. The molecule has 0 aliphatic rings. The molecular weight excluding hydrogens is 591 g/mol. The van der Waals surface area contributed by atoms with Crippen LogP contribution in [0, 0.1) is 0 Å². The van der Waals surface area contributed by atoms with Crippen molar-refractivity contribution in [3.8, 4) is 55.6 Å². The van der Waals surface area contributed by atoms with Crippen molar-refractivity contribution < 1.29 is 0 Å². The molecule has 8 aromatic rings. The second kappa shape index (κ2) is 13.7. The Labute approximate surface area is 289 Å². The Morgan fingerprint density at radius 2 is 0.490 bits per heavy atom. The zero-order valence-electron chi connectivity index (χ0n) is 27.2. The SMILES string of the molecule is c1ccc(-c2ccc(N(c3ccc(-c4ccccc4)cc3)c3ccc(-c4ccc(-c5ccccc5)cc4-c4ccccc4)cc3)cc2)cc1. The highest BCUT2D eigenvalue weighted by Gasteiger charge is 2.15. The Balaban J connectivity index is 1.19. The van der Waals surface area contributed by atoms with Crippen molar-refractivity contribution in [1.29, 1.82) is 0 Å². The van der Waals surface area contributed by atoms with Gasteiger partial charge in [-0.3, -0.25) is 0 Å². The Bertz CT molecular complexity index is 2180. The minimum atomic E-state index is 1.10. The molecule has 0 unspecified atom stereocenters. The maximum Gasteiger partial charge on any atom is 0.0462 e. The summed E-state index contributed by atoms with van der Waals surface area (Å²) in [5.74, 6) is 0. The topological polar surface area (TPSA) is 3.24 Å². The van der Waals surface area contributed by atoms with E-state index in [9.17, 15) is 0 Å². The molecule has 1 heteroatoms. The highest BCUT2D eigenvalue weighted by atomic mass is 15.1. The molecule has 0 radical (unpaired) electrons. The van der Waals surface area contributed by atoms with Gasteiger partial charge >= 0.3 is 0 Å². The molecule has 0 aliphatic heterocycles. The fourth-order valence-corrected chi connectivity index (χ4v) is 6.57. The Kier molecular flexibility index (Phi) is 8.39. The lowest BCUT2D eigenvalue weighted by molar-refractivity contribution is 1.28. The van der Waals surface area contributed by atoms with Crippen LogP contribution in [0.3, 0.4) is 0 Å². The fourth-order valence-electron chi connectivity index (χ4n) is 6.57. The van der Waals surface area contributed by atoms with E-state index in [0.29, 0.717) is 0 Å². The third-order valence-electron chi connectivity index (χ3n) is 9.11. The first-order valence-electron chi connectivity index (χ1n) is 16.8. The van der Waals surface area contributed by atoms with Crippen molar-refractivity contribution in [2.75, 3.05) is 4.90 Å². The van der Waals surface area contributed by atoms with E-state index in [1.54, 1.807) is 0 Å². The van der Waals surface area contributed by atoms with Crippen LogP contribution in [0.4, 0.5) is 17.1 Å². The number of hydrogen-bond donors (Lipinski definition) is 0. The van der Waals surface area contributed by atoms with Gasteiger partial charge in [-0.2, -0.15) is 0 Å². The summed E-state index contributed by atoms with van der Waals surface area (Å²) in [6, 6.07) is 75.9. The molecule has 0 saturated carbocycles. The summed E-state index contributed by atoms with van der Waals surface area (Å²) in [4.78, 5) is 2.34. The molecule has 49 heavy (non-hydrogen) atoms. The molecule has 0 aromatic heterocycles. The maximum atomic E-state index is 2.34. The van der Waals surface area contributed by atoms with Crippen LogP contribution in [-0.4, -0.2) is 0 Å². The summed E-state index contributed by atoms with van der Waals surface area (Å²) < 4.78 is 0. The zero-order valence-corrected chi connectivity index (χ0v) is 27.2. The minimum Gasteiger partial charge on any atom is -0.311 e. The molecule has 0 heterocycles. The van der Waals surface area contributed by atoms with Gasteiger partial charge in [0, 0.05) is 17.1 Å². The summed E-state index contributed by atoms with van der Waals surface area (Å²) in [5, 5.41) is 0. The van der Waals surface area contributed by atoms with Crippen LogP contribution < -0.4 is 4.90 Å². The normalized spacial score (nSPS) is 10.9. The highest BCUT2D eigenvalue weighted by molar-refractivity contribution is 5.88. The summed E-state index contributed by atoms with van der Waals surface area (Å²) in [7, 11) is 0. The highest BCUT2D eigenvalue weighted by Crippen LogP contribution is 2.40. The van der Waals surface area contributed by atoms with Crippen LogP contribution >= 0.6 is 0 Å². The van der Waals surface area contributed by atoms with Crippen molar-refractivity contribution in [2.24, 2.45) is 0 Å². The van der Waals surface area contributed by atoms with Gasteiger partial charge in [0.1, 0.15) is 0 Å². The largest absolute Gasteiger partial charge is 0.311 e. The van der Waals surface area contributed by atoms with Crippen LogP contribution in [-0.2, 0) is 0 Å². The van der Waals surface area contributed by atoms with Crippen molar-refractivity contribution in [1.82, 2.24) is 0 Å². The van der Waals surface area contributed by atoms with Crippen LogP contribution in [0.25, 0.3) is 55.6 Å². The third kappa shape index (κ3) is 6.43. The molecule has 0 fully saturated rings. The lowest BCUT2D eigenvalue weighted by Gasteiger charge is -2.26. The Morgan fingerprint density at radius 1 is 0.204 bits per heavy atom. The molecule has 0 aliphatic carbocycles. The van der Waals surface area contributed by atoms with E-state index in [0.717, 1.165) is 17.1 Å². The molecule has 0 spiro atoms. The van der Waals surface area contributed by atoms with Gasteiger partial charge in [-0.15, -0.1) is 0 Å². The van der Waals surface area contributed by atoms with Crippen molar-refractivity contribution in [3.63, 3.8) is 0 Å². The molecule has 0 atom stereocenters. The fraction of sp³-hybridized carbons (Fsp3) is 0. The standard InChI is InChI=1S/C48H35N/c1-5-13-36(14-6-1)39-21-28-44(29-22-39)49(45-30-23-40(24-31-45)37-15-7-2-8-16-37)46-32-25-42(26-33-46)47-34-27-43(38-17-9-3-10-18-38)35-48(47)41-19-11-4-12-20-41/h1-35H. The van der Waals surface area contributed by atoms with Crippen molar-refractivity contribution >= 4 is 17.1 Å². The molecule has 0 N–H and O–H groups in total. The van der Waals surface area contributed by atoms with E-state index < -0.39 is 0 Å². The van der Waals surface area contributed by atoms with E-state index in [1.807, 2.05) is 0 Å². The zero-order chi connectivity index (χ0) is 32.8. The molecule has 8 aromatic carbocycles. The van der Waals surface area contributed by atoms with Gasteiger partial charge in [-0.25, -0.2) is 0 Å². The molecule has 1 nitrogen and oxygen atoms in total. The van der Waals surface area contributed by atoms with Crippen LogP contribution in [0.15, 0.2) is 212 Å². The summed E-state index contributed by atoms with van der Waals surface area (Å²) in [6.07, 6.45) is 0. The molecule has 232 valence electrons. The van der Waals surface area contributed by atoms with Gasteiger partial charge in [0.25, 0.3) is 0 Å². The average molecular weight is 626 g/mol. The summed E-state index contributed by atoms with van der Waals surface area (Å²) in [6.45, 7) is 0. The molecule has 0 amide bonds. The van der Waals surface area contributed by atoms with E-state index in [2.05, 4.69) is 217 Å². The Hall–Kier alpha value is -6.44. The predicted molar refractivity (Wildman–Crippen MR) is 208 cm³/mol. The second-order valence-corrected chi connectivity index (χ2v) is 12.2. The van der Waals surface area contributed by atoms with E-state index in [-0.39, 0.29) is 0 Å². The lowest BCUT2D eigenvalue weighted by Crippen LogP contribution is -2.09. The van der Waals surface area contributed by atoms with Gasteiger partial charge in [-0.05, 0) is 98.1 Å². The quantitative estimate of drug-likeness (QED) is 0.162. The monoisotopic (exact) mass is 625 g/mol. The first-order valence-corrected chi connectivity index (χ1v) is 16.8. The van der Waals surface area contributed by atoms with E-state index in [1.165, 1.54) is 55.6 Å². The van der Waals surface area contributed by atoms with Crippen molar-refractivity contribution in [2.45, 2.75) is 0 Å². The van der Waals surface area contributed by atoms with Gasteiger partial charge in [-0.1, -0.05) is 170 Å². The van der Waals surface area contributed by atoms with Crippen LogP contribution in [0.1, 0.15) is 0 Å². The average Bonchev–Trinajstić information content (AvgIpc) is 3.20. The smallest absolute Gasteiger partial charge is 0.0462 e. The van der Waals surface area contributed by atoms with E-state index >= 15 is 0 Å². The molecule has 0 saturated heterocycles. The van der Waals surface area contributed by atoms with Gasteiger partial charge in [0.2, 0.25) is 0 Å². The number of anilines is 3. The van der Waals surface area contributed by atoms with Gasteiger partial charge in [0.15, 0.2) is 0 Å². The number of hydrogen-bond acceptors (Lipinski definition) is 1. The number of nitrogens with zero attached hydrogens (tertiary/aromatic N) is 1. The first-order chi connectivity index (χ1) is 24.3. The van der Waals surface area contributed by atoms with E-state index in [4.69, 9.17) is 0 Å². The molecule has 8 rings (SSSR count). The number of benzene rings is 8. The van der Waals surface area contributed by atoms with Crippen LogP contribution in [0.5, 0.6) is 0 Å². The van der Waals surface area contributed by atoms with Gasteiger partial charge < -0.3 is 4.90 Å². The predicted octanol–water partition coefficient (Wildman–Crippen LogP) is 13.5. The van der Waals surface area contributed by atoms with Gasteiger partial charge in [0.05, 0.1) is 0 Å². The van der Waals surface area contributed by atoms with Crippen LogP contribution in [0.2, 0.25) is 0 Å². The summed E-state index contributed by atoms with van der Waals surface area (Å²) in [5.41, 5.74) is 15.4. The third-order valence-corrected chi connectivity index (χ3v) is 9.11. The minimum absolute atomic E-state index is 1.10.